The lowest BCUT2D eigenvalue weighted by Crippen LogP contribution is -2.55. The molecule has 0 aliphatic heterocycles. The highest BCUT2D eigenvalue weighted by Gasteiger charge is 2.49. The van der Waals surface area contributed by atoms with Gasteiger partial charge >= 0.3 is 0 Å². The van der Waals surface area contributed by atoms with E-state index < -0.39 is 16.6 Å². The van der Waals surface area contributed by atoms with Gasteiger partial charge in [-0.05, 0) is 24.2 Å². The average molecular weight is 375 g/mol. The Kier molecular flexibility index (Phi) is 8.17. The molecule has 0 saturated heterocycles. The molecular formula is C22H38OSi2. The van der Waals surface area contributed by atoms with Gasteiger partial charge in [-0.25, -0.2) is 0 Å². The molecule has 0 spiro atoms. The van der Waals surface area contributed by atoms with Crippen LogP contribution in [0.2, 0.25) is 35.3 Å². The summed E-state index contributed by atoms with van der Waals surface area (Å²) in [6.45, 7) is 9.39. The highest BCUT2D eigenvalue weighted by Crippen LogP contribution is 2.46. The Labute approximate surface area is 158 Å². The molecule has 0 fully saturated rings. The van der Waals surface area contributed by atoms with E-state index in [1.165, 1.54) is 49.9 Å². The molecule has 0 saturated carbocycles. The summed E-state index contributed by atoms with van der Waals surface area (Å²) in [4.78, 5) is 0. The Morgan fingerprint density at radius 1 is 0.560 bits per heavy atom. The summed E-state index contributed by atoms with van der Waals surface area (Å²) in [5, 5.41) is 0. The molecule has 0 aromatic carbocycles. The summed E-state index contributed by atoms with van der Waals surface area (Å²) in [5.74, 6) is 0. The average Bonchev–Trinajstić information content (AvgIpc) is 3.30. The Morgan fingerprint density at radius 2 is 0.840 bits per heavy atom. The Hall–Kier alpha value is -0.646. The number of allylic oxidation sites excluding steroid dienone is 8. The van der Waals surface area contributed by atoms with Crippen LogP contribution >= 0.6 is 0 Å². The molecule has 25 heavy (non-hydrogen) atoms. The van der Waals surface area contributed by atoms with Gasteiger partial charge in [-0.2, -0.15) is 0 Å². The third-order valence-electron chi connectivity index (χ3n) is 5.81. The Morgan fingerprint density at radius 3 is 1.08 bits per heavy atom. The Balaban J connectivity index is 2.41. The lowest BCUT2D eigenvalue weighted by atomic mass is 10.5. The maximum absolute atomic E-state index is 7.63. The van der Waals surface area contributed by atoms with Crippen LogP contribution in [0.4, 0.5) is 0 Å². The van der Waals surface area contributed by atoms with Crippen LogP contribution in [0.15, 0.2) is 48.6 Å². The predicted octanol–water partition coefficient (Wildman–Crippen LogP) is 7.53. The molecule has 0 heterocycles. The van der Waals surface area contributed by atoms with Crippen molar-refractivity contribution in [3.63, 3.8) is 0 Å². The van der Waals surface area contributed by atoms with Gasteiger partial charge in [-0.15, -0.1) is 0 Å². The van der Waals surface area contributed by atoms with E-state index in [0.717, 1.165) is 0 Å². The van der Waals surface area contributed by atoms with Gasteiger partial charge in [-0.1, -0.05) is 102 Å². The van der Waals surface area contributed by atoms with Crippen LogP contribution in [0.25, 0.3) is 0 Å². The monoisotopic (exact) mass is 374 g/mol. The zero-order chi connectivity index (χ0) is 18.2. The smallest absolute Gasteiger partial charge is 0.190 e. The lowest BCUT2D eigenvalue weighted by molar-refractivity contribution is 0.485. The summed E-state index contributed by atoms with van der Waals surface area (Å²) in [6.07, 6.45) is 23.8. The molecule has 0 N–H and O–H groups in total. The van der Waals surface area contributed by atoms with E-state index >= 15 is 0 Å². The van der Waals surface area contributed by atoms with Crippen molar-refractivity contribution in [2.24, 2.45) is 0 Å². The van der Waals surface area contributed by atoms with Gasteiger partial charge in [0.1, 0.15) is 0 Å². The highest BCUT2D eigenvalue weighted by molar-refractivity contribution is 6.89. The molecule has 140 valence electrons. The minimum absolute atomic E-state index is 0.586. The van der Waals surface area contributed by atoms with E-state index in [1.54, 1.807) is 0 Å². The SMILES string of the molecule is CCC[Si](CCC)(O[Si](CCC)(CCC)C1C=CC=C1)C1C=CC=C1. The largest absolute Gasteiger partial charge is 0.454 e. The Bertz CT molecular complexity index is 436. The van der Waals surface area contributed by atoms with Crippen LogP contribution in [0, 0.1) is 0 Å². The van der Waals surface area contributed by atoms with Crippen molar-refractivity contribution in [2.75, 3.05) is 0 Å². The third-order valence-corrected chi connectivity index (χ3v) is 17.6. The van der Waals surface area contributed by atoms with Crippen LogP contribution in [-0.4, -0.2) is 16.6 Å². The molecule has 0 amide bonds. The van der Waals surface area contributed by atoms with E-state index in [-0.39, 0.29) is 0 Å². The number of hydrogen-bond acceptors (Lipinski definition) is 1. The molecule has 2 aliphatic carbocycles. The summed E-state index contributed by atoms with van der Waals surface area (Å²) in [6, 6.07) is 5.23. The van der Waals surface area contributed by atoms with Gasteiger partial charge in [0.25, 0.3) is 0 Å². The minimum Gasteiger partial charge on any atom is -0.454 e. The van der Waals surface area contributed by atoms with Crippen LogP contribution < -0.4 is 0 Å². The van der Waals surface area contributed by atoms with Crippen molar-refractivity contribution in [1.29, 1.82) is 0 Å². The lowest BCUT2D eigenvalue weighted by Gasteiger charge is -2.47. The third kappa shape index (κ3) is 4.75. The normalized spacial score (nSPS) is 18.1. The van der Waals surface area contributed by atoms with Crippen molar-refractivity contribution in [1.82, 2.24) is 0 Å². The highest BCUT2D eigenvalue weighted by atomic mass is 28.4. The van der Waals surface area contributed by atoms with Gasteiger partial charge in [0.2, 0.25) is 0 Å². The first kappa shape index (κ1) is 20.7. The summed E-state index contributed by atoms with van der Waals surface area (Å²) < 4.78 is 7.63. The summed E-state index contributed by atoms with van der Waals surface area (Å²) >= 11 is 0. The zero-order valence-corrected chi connectivity index (χ0v) is 18.8. The molecule has 0 atom stereocenters. The molecule has 0 radical (unpaired) electrons. The summed E-state index contributed by atoms with van der Waals surface area (Å²) in [5.41, 5.74) is 1.17. The molecule has 0 aromatic rings. The van der Waals surface area contributed by atoms with E-state index in [4.69, 9.17) is 4.12 Å². The second-order valence-corrected chi connectivity index (χ2v) is 16.2. The molecule has 1 nitrogen and oxygen atoms in total. The molecule has 3 heteroatoms. The quantitative estimate of drug-likeness (QED) is 0.321. The predicted molar refractivity (Wildman–Crippen MR) is 117 cm³/mol. The van der Waals surface area contributed by atoms with Gasteiger partial charge < -0.3 is 4.12 Å². The molecule has 0 bridgehead atoms. The number of hydrogen-bond donors (Lipinski definition) is 0. The van der Waals surface area contributed by atoms with Crippen molar-refractivity contribution in [3.05, 3.63) is 48.6 Å². The number of rotatable bonds is 12. The molecule has 2 aliphatic rings. The van der Waals surface area contributed by atoms with Gasteiger partial charge in [0.15, 0.2) is 16.6 Å². The van der Waals surface area contributed by atoms with Crippen LogP contribution in [0.3, 0.4) is 0 Å². The van der Waals surface area contributed by atoms with Crippen molar-refractivity contribution in [3.8, 4) is 0 Å². The maximum atomic E-state index is 7.63. The van der Waals surface area contributed by atoms with Gasteiger partial charge in [-0.3, -0.25) is 0 Å². The molecular weight excluding hydrogens is 336 g/mol. The second kappa shape index (κ2) is 9.89. The van der Waals surface area contributed by atoms with E-state index in [1.807, 2.05) is 0 Å². The van der Waals surface area contributed by atoms with Gasteiger partial charge in [0, 0.05) is 11.1 Å². The van der Waals surface area contributed by atoms with Crippen LogP contribution in [0.1, 0.15) is 53.4 Å². The minimum atomic E-state index is -1.82. The standard InChI is InChI=1S/C22H38OSi2/c1-5-17-24(18-6-2,21-13-9-10-14-21)23-25(19-7-3,20-8-4)22-15-11-12-16-22/h9-16,21-22H,5-8,17-20H2,1-4H3. The van der Waals surface area contributed by atoms with Crippen LogP contribution in [0.5, 0.6) is 0 Å². The zero-order valence-electron chi connectivity index (χ0n) is 16.8. The van der Waals surface area contributed by atoms with Crippen molar-refractivity contribution in [2.45, 2.75) is 88.6 Å². The van der Waals surface area contributed by atoms with Crippen molar-refractivity contribution >= 4 is 16.6 Å². The topological polar surface area (TPSA) is 9.23 Å². The fourth-order valence-corrected chi connectivity index (χ4v) is 17.9. The van der Waals surface area contributed by atoms with Crippen molar-refractivity contribution < 1.29 is 4.12 Å². The fourth-order valence-electron chi connectivity index (χ4n) is 4.92. The molecule has 2 rings (SSSR count). The first-order chi connectivity index (χ1) is 12.2. The fraction of sp³-hybridized carbons (Fsp3) is 0.636. The second-order valence-electron chi connectivity index (χ2n) is 7.82. The first-order valence-electron chi connectivity index (χ1n) is 10.6. The van der Waals surface area contributed by atoms with Crippen LogP contribution in [-0.2, 0) is 4.12 Å². The van der Waals surface area contributed by atoms with E-state index in [0.29, 0.717) is 11.1 Å². The summed E-state index contributed by atoms with van der Waals surface area (Å²) in [7, 11) is -3.64. The van der Waals surface area contributed by atoms with Gasteiger partial charge in [0.05, 0.1) is 0 Å². The molecule has 0 aromatic heterocycles. The van der Waals surface area contributed by atoms with E-state index in [9.17, 15) is 0 Å². The molecule has 0 unspecified atom stereocenters. The first-order valence-corrected chi connectivity index (χ1v) is 15.4. The maximum Gasteiger partial charge on any atom is 0.190 e. The van der Waals surface area contributed by atoms with E-state index in [2.05, 4.69) is 76.3 Å².